The van der Waals surface area contributed by atoms with E-state index in [-0.39, 0.29) is 12.4 Å². The molecule has 3 rings (SSSR count). The second kappa shape index (κ2) is 7.15. The molecule has 0 bridgehead atoms. The second-order valence-corrected chi connectivity index (χ2v) is 6.18. The van der Waals surface area contributed by atoms with Crippen molar-refractivity contribution in [2.45, 2.75) is 13.3 Å². The van der Waals surface area contributed by atoms with E-state index in [4.69, 9.17) is 5.73 Å². The minimum atomic E-state index is 0. The summed E-state index contributed by atoms with van der Waals surface area (Å²) in [7, 11) is 1.62. The number of fused-ring (bicyclic) bond motifs is 3. The Morgan fingerprint density at radius 1 is 1.13 bits per heavy atom. The fourth-order valence-electron chi connectivity index (χ4n) is 2.66. The van der Waals surface area contributed by atoms with Crippen LogP contribution < -0.4 is 11.2 Å². The minimum absolute atomic E-state index is 0. The molecule has 4 nitrogen and oxygen atoms in total. The van der Waals surface area contributed by atoms with E-state index >= 15 is 0 Å². The number of hydrogen-bond donors (Lipinski definition) is 2. The van der Waals surface area contributed by atoms with Crippen LogP contribution in [0.1, 0.15) is 23.6 Å². The van der Waals surface area contributed by atoms with Crippen LogP contribution in [-0.4, -0.2) is 18.7 Å². The van der Waals surface area contributed by atoms with Gasteiger partial charge in [-0.1, -0.05) is 34.1 Å². The van der Waals surface area contributed by atoms with Crippen LogP contribution in [0.15, 0.2) is 51.0 Å². The van der Waals surface area contributed by atoms with Crippen molar-refractivity contribution in [1.82, 2.24) is 5.43 Å². The van der Waals surface area contributed by atoms with E-state index in [9.17, 15) is 0 Å². The molecule has 6 heteroatoms. The van der Waals surface area contributed by atoms with Crippen LogP contribution in [0.25, 0.3) is 11.1 Å². The Labute approximate surface area is 150 Å². The molecule has 0 saturated carbocycles. The Balaban J connectivity index is 0.00000192. The van der Waals surface area contributed by atoms with Gasteiger partial charge in [0.1, 0.15) is 0 Å². The summed E-state index contributed by atoms with van der Waals surface area (Å²) in [6, 6.07) is 12.9. The lowest BCUT2D eigenvalue weighted by atomic mass is 10.0. The summed E-state index contributed by atoms with van der Waals surface area (Å²) in [6.07, 6.45) is 0.956. The third-order valence-corrected chi connectivity index (χ3v) is 4.33. The number of guanidine groups is 1. The standard InChI is InChI=1S/C17H17BrN4.ClH/c1-10(21-22-17(19)20-2)11-3-5-15-12(7-11)8-13-9-14(18)4-6-16(13)15;/h3-7,9H,8H2,1-2H3,(H3,19,20,22);1H/b21-10+;. The molecule has 120 valence electrons. The fraction of sp³-hybridized carbons (Fsp3) is 0.176. The van der Waals surface area contributed by atoms with E-state index in [2.05, 4.69) is 67.8 Å². The molecule has 2 aromatic rings. The van der Waals surface area contributed by atoms with Gasteiger partial charge in [0.15, 0.2) is 0 Å². The van der Waals surface area contributed by atoms with Crippen molar-refractivity contribution in [2.75, 3.05) is 7.05 Å². The first-order valence-corrected chi connectivity index (χ1v) is 7.82. The predicted molar refractivity (Wildman–Crippen MR) is 103 cm³/mol. The number of aliphatic imine (C=N–C) groups is 1. The lowest BCUT2D eigenvalue weighted by molar-refractivity contribution is 0.997. The van der Waals surface area contributed by atoms with Gasteiger partial charge >= 0.3 is 0 Å². The van der Waals surface area contributed by atoms with Crippen LogP contribution >= 0.6 is 28.3 Å². The van der Waals surface area contributed by atoms with Gasteiger partial charge in [0.2, 0.25) is 5.96 Å². The van der Waals surface area contributed by atoms with Crippen molar-refractivity contribution < 1.29 is 0 Å². The SMILES string of the molecule is CN=C(N)N/N=C(\C)c1ccc2c(c1)Cc1cc(Br)ccc1-2.Cl. The first kappa shape index (κ1) is 17.5. The summed E-state index contributed by atoms with van der Waals surface area (Å²) in [6.45, 7) is 1.95. The fourth-order valence-corrected chi connectivity index (χ4v) is 3.07. The molecule has 0 amide bonds. The van der Waals surface area contributed by atoms with Crippen LogP contribution in [0.5, 0.6) is 0 Å². The predicted octanol–water partition coefficient (Wildman–Crippen LogP) is 3.70. The highest BCUT2D eigenvalue weighted by Gasteiger charge is 2.19. The van der Waals surface area contributed by atoms with E-state index in [1.807, 2.05) is 6.92 Å². The van der Waals surface area contributed by atoms with E-state index in [1.165, 1.54) is 22.3 Å². The number of benzene rings is 2. The molecule has 1 aliphatic rings. The molecule has 2 aromatic carbocycles. The smallest absolute Gasteiger partial charge is 0.209 e. The van der Waals surface area contributed by atoms with Gasteiger partial charge in [0.05, 0.1) is 5.71 Å². The molecule has 0 saturated heterocycles. The molecule has 3 N–H and O–H groups in total. The lowest BCUT2D eigenvalue weighted by Gasteiger charge is -2.06. The van der Waals surface area contributed by atoms with Crippen LogP contribution in [0.2, 0.25) is 0 Å². The lowest BCUT2D eigenvalue weighted by Crippen LogP contribution is -2.27. The van der Waals surface area contributed by atoms with Crippen molar-refractivity contribution >= 4 is 40.0 Å². The number of hydrazone groups is 1. The maximum atomic E-state index is 5.59. The Morgan fingerprint density at radius 3 is 2.48 bits per heavy atom. The molecule has 23 heavy (non-hydrogen) atoms. The molecule has 0 heterocycles. The van der Waals surface area contributed by atoms with E-state index in [1.54, 1.807) is 7.05 Å². The molecular formula is C17H18BrClN4. The van der Waals surface area contributed by atoms with Gasteiger partial charge in [-0.15, -0.1) is 12.4 Å². The van der Waals surface area contributed by atoms with Crippen molar-refractivity contribution in [3.05, 3.63) is 57.6 Å². The van der Waals surface area contributed by atoms with Crippen LogP contribution in [0, 0.1) is 0 Å². The molecule has 0 aromatic heterocycles. The van der Waals surface area contributed by atoms with Crippen LogP contribution in [0.3, 0.4) is 0 Å². The third kappa shape index (κ3) is 3.57. The van der Waals surface area contributed by atoms with Crippen LogP contribution in [0.4, 0.5) is 0 Å². The zero-order valence-electron chi connectivity index (χ0n) is 12.9. The van der Waals surface area contributed by atoms with E-state index < -0.39 is 0 Å². The normalized spacial score (nSPS) is 13.2. The highest BCUT2D eigenvalue weighted by atomic mass is 79.9. The summed E-state index contributed by atoms with van der Waals surface area (Å²) in [5.41, 5.74) is 15.6. The molecule has 0 aliphatic heterocycles. The molecule has 0 spiro atoms. The molecule has 0 unspecified atom stereocenters. The highest BCUT2D eigenvalue weighted by Crippen LogP contribution is 2.38. The minimum Gasteiger partial charge on any atom is -0.369 e. The largest absolute Gasteiger partial charge is 0.369 e. The summed E-state index contributed by atoms with van der Waals surface area (Å²) in [5.74, 6) is 0.303. The summed E-state index contributed by atoms with van der Waals surface area (Å²) < 4.78 is 1.12. The van der Waals surface area contributed by atoms with Crippen LogP contribution in [-0.2, 0) is 6.42 Å². The third-order valence-electron chi connectivity index (χ3n) is 3.84. The van der Waals surface area contributed by atoms with Gasteiger partial charge in [-0.3, -0.25) is 4.99 Å². The Bertz CT molecular complexity index is 799. The van der Waals surface area contributed by atoms with Crippen molar-refractivity contribution in [3.8, 4) is 11.1 Å². The van der Waals surface area contributed by atoms with Gasteiger partial charge in [0.25, 0.3) is 0 Å². The van der Waals surface area contributed by atoms with Crippen molar-refractivity contribution in [3.63, 3.8) is 0 Å². The molecule has 0 atom stereocenters. The quantitative estimate of drug-likeness (QED) is 0.396. The maximum Gasteiger partial charge on any atom is 0.209 e. The summed E-state index contributed by atoms with van der Waals surface area (Å²) in [5, 5.41) is 4.26. The Kier molecular flexibility index (Phi) is 5.44. The average Bonchev–Trinajstić information content (AvgIpc) is 2.88. The Hall–Kier alpha value is -1.85. The summed E-state index contributed by atoms with van der Waals surface area (Å²) in [4.78, 5) is 3.82. The first-order chi connectivity index (χ1) is 10.6. The number of nitrogens with two attached hydrogens (primary N) is 1. The van der Waals surface area contributed by atoms with E-state index in [0.29, 0.717) is 5.96 Å². The first-order valence-electron chi connectivity index (χ1n) is 7.03. The molecular weight excluding hydrogens is 376 g/mol. The highest BCUT2D eigenvalue weighted by molar-refractivity contribution is 9.10. The average molecular weight is 394 g/mol. The summed E-state index contributed by atoms with van der Waals surface area (Å²) >= 11 is 3.54. The van der Waals surface area contributed by atoms with Gasteiger partial charge in [-0.05, 0) is 59.4 Å². The Morgan fingerprint density at radius 2 is 1.78 bits per heavy atom. The second-order valence-electron chi connectivity index (χ2n) is 5.27. The number of rotatable bonds is 2. The number of hydrogen-bond acceptors (Lipinski definition) is 2. The van der Waals surface area contributed by atoms with E-state index in [0.717, 1.165) is 22.2 Å². The van der Waals surface area contributed by atoms with Crippen molar-refractivity contribution in [1.29, 1.82) is 0 Å². The van der Waals surface area contributed by atoms with Gasteiger partial charge in [-0.25, -0.2) is 5.43 Å². The van der Waals surface area contributed by atoms with Crippen molar-refractivity contribution in [2.24, 2.45) is 15.8 Å². The topological polar surface area (TPSA) is 62.8 Å². The zero-order chi connectivity index (χ0) is 15.7. The zero-order valence-corrected chi connectivity index (χ0v) is 15.3. The van der Waals surface area contributed by atoms with Gasteiger partial charge in [-0.2, -0.15) is 5.10 Å². The number of nitrogens with one attached hydrogen (secondary N) is 1. The number of halogens is 2. The molecule has 0 radical (unpaired) electrons. The van der Waals surface area contributed by atoms with Gasteiger partial charge in [0, 0.05) is 11.5 Å². The molecule has 1 aliphatic carbocycles. The monoisotopic (exact) mass is 392 g/mol. The maximum absolute atomic E-state index is 5.59. The molecule has 0 fully saturated rings. The van der Waals surface area contributed by atoms with Gasteiger partial charge < -0.3 is 5.73 Å². The number of nitrogens with zero attached hydrogens (tertiary/aromatic N) is 2.